The van der Waals surface area contributed by atoms with Crippen molar-refractivity contribution >= 4 is 15.9 Å². The fourth-order valence-corrected chi connectivity index (χ4v) is 3.87. The molecule has 128 valence electrons. The first-order valence-corrected chi connectivity index (χ1v) is 9.31. The summed E-state index contributed by atoms with van der Waals surface area (Å²) in [6.45, 7) is 6.54. The molecule has 1 aliphatic heterocycles. The number of benzene rings is 1. The molecule has 1 fully saturated rings. The van der Waals surface area contributed by atoms with Crippen molar-refractivity contribution in [3.8, 4) is 5.75 Å². The molecule has 1 N–H and O–H groups in total. The summed E-state index contributed by atoms with van der Waals surface area (Å²) in [6.07, 6.45) is 1.31. The van der Waals surface area contributed by atoms with E-state index in [-0.39, 0.29) is 22.9 Å². The first-order chi connectivity index (χ1) is 10.8. The van der Waals surface area contributed by atoms with E-state index in [1.807, 2.05) is 13.8 Å². The van der Waals surface area contributed by atoms with Crippen LogP contribution in [0.5, 0.6) is 5.75 Å². The lowest BCUT2D eigenvalue weighted by Gasteiger charge is -2.31. The Bertz CT molecular complexity index is 633. The maximum Gasteiger partial charge on any atom is 0.240 e. The molecule has 0 atom stereocenters. The minimum Gasteiger partial charge on any atom is -0.491 e. The summed E-state index contributed by atoms with van der Waals surface area (Å²) < 4.78 is 33.1. The van der Waals surface area contributed by atoms with Crippen molar-refractivity contribution in [1.82, 2.24) is 9.62 Å². The molecule has 6 nitrogen and oxygen atoms in total. The third kappa shape index (κ3) is 4.94. The predicted octanol–water partition coefficient (Wildman–Crippen LogP) is 1.76. The van der Waals surface area contributed by atoms with Crippen molar-refractivity contribution in [3.63, 3.8) is 0 Å². The number of ether oxygens (including phenoxy) is 1. The van der Waals surface area contributed by atoms with Gasteiger partial charge in [-0.25, -0.2) is 13.1 Å². The number of amides is 1. The largest absolute Gasteiger partial charge is 0.491 e. The molecule has 2 rings (SSSR count). The van der Waals surface area contributed by atoms with Gasteiger partial charge in [0, 0.05) is 26.1 Å². The highest BCUT2D eigenvalue weighted by Crippen LogP contribution is 2.19. The van der Waals surface area contributed by atoms with Crippen LogP contribution in [0.3, 0.4) is 0 Å². The van der Waals surface area contributed by atoms with Gasteiger partial charge in [-0.3, -0.25) is 4.79 Å². The molecule has 1 aromatic carbocycles. The SMILES string of the molecule is CC(=O)N1CCC(NS(=O)(=O)c2ccc(OC(C)C)cc2)CC1. The molecule has 0 aromatic heterocycles. The lowest BCUT2D eigenvalue weighted by atomic mass is 10.1. The summed E-state index contributed by atoms with van der Waals surface area (Å²) in [5.41, 5.74) is 0. The number of carbonyl (C=O) groups is 1. The molecule has 23 heavy (non-hydrogen) atoms. The average molecular weight is 340 g/mol. The molecule has 0 spiro atoms. The van der Waals surface area contributed by atoms with E-state index >= 15 is 0 Å². The Morgan fingerprint density at radius 1 is 1.22 bits per heavy atom. The normalized spacial score (nSPS) is 16.6. The van der Waals surface area contributed by atoms with Crippen LogP contribution in [0.15, 0.2) is 29.2 Å². The minimum absolute atomic E-state index is 0.0343. The standard InChI is InChI=1S/C16H24N2O4S/c1-12(2)22-15-4-6-16(7-5-15)23(20,21)17-14-8-10-18(11-9-14)13(3)19/h4-7,12,14,17H,8-11H2,1-3H3. The quantitative estimate of drug-likeness (QED) is 0.886. The van der Waals surface area contributed by atoms with Crippen LogP contribution < -0.4 is 9.46 Å². The number of hydrogen-bond acceptors (Lipinski definition) is 4. The van der Waals surface area contributed by atoms with Gasteiger partial charge in [0.1, 0.15) is 5.75 Å². The van der Waals surface area contributed by atoms with Gasteiger partial charge in [0.15, 0.2) is 0 Å². The van der Waals surface area contributed by atoms with Crippen LogP contribution in [-0.2, 0) is 14.8 Å². The molecule has 0 saturated carbocycles. The highest BCUT2D eigenvalue weighted by atomic mass is 32.2. The Morgan fingerprint density at radius 3 is 2.26 bits per heavy atom. The molecule has 1 heterocycles. The monoisotopic (exact) mass is 340 g/mol. The third-order valence-corrected chi connectivity index (χ3v) is 5.30. The number of nitrogens with one attached hydrogen (secondary N) is 1. The van der Waals surface area contributed by atoms with Gasteiger partial charge in [-0.2, -0.15) is 0 Å². The molecule has 0 radical (unpaired) electrons. The predicted molar refractivity (Wildman–Crippen MR) is 87.8 cm³/mol. The molecule has 1 aromatic rings. The number of nitrogens with zero attached hydrogens (tertiary/aromatic N) is 1. The summed E-state index contributed by atoms with van der Waals surface area (Å²) >= 11 is 0. The van der Waals surface area contributed by atoms with Crippen molar-refractivity contribution in [2.24, 2.45) is 0 Å². The number of carbonyl (C=O) groups excluding carboxylic acids is 1. The first kappa shape index (κ1) is 17.7. The lowest BCUT2D eigenvalue weighted by Crippen LogP contribution is -2.45. The number of rotatable bonds is 5. The van der Waals surface area contributed by atoms with E-state index in [0.717, 1.165) is 0 Å². The van der Waals surface area contributed by atoms with Gasteiger partial charge < -0.3 is 9.64 Å². The number of likely N-dealkylation sites (tertiary alicyclic amines) is 1. The summed E-state index contributed by atoms with van der Waals surface area (Å²) in [7, 11) is -3.55. The number of hydrogen-bond donors (Lipinski definition) is 1. The zero-order valence-electron chi connectivity index (χ0n) is 13.8. The minimum atomic E-state index is -3.55. The van der Waals surface area contributed by atoms with Gasteiger partial charge in [-0.15, -0.1) is 0 Å². The van der Waals surface area contributed by atoms with Crippen molar-refractivity contribution in [1.29, 1.82) is 0 Å². The maximum atomic E-state index is 12.4. The van der Waals surface area contributed by atoms with Crippen LogP contribution in [0.25, 0.3) is 0 Å². The van der Waals surface area contributed by atoms with Crippen molar-refractivity contribution in [3.05, 3.63) is 24.3 Å². The Labute approximate surface area is 137 Å². The molecule has 0 aliphatic carbocycles. The Balaban J connectivity index is 1.98. The summed E-state index contributed by atoms with van der Waals surface area (Å²) in [5.74, 6) is 0.681. The fraction of sp³-hybridized carbons (Fsp3) is 0.562. The fourth-order valence-electron chi connectivity index (χ4n) is 2.57. The zero-order valence-corrected chi connectivity index (χ0v) is 14.6. The van der Waals surface area contributed by atoms with E-state index in [1.54, 1.807) is 29.2 Å². The zero-order chi connectivity index (χ0) is 17.0. The number of piperidine rings is 1. The van der Waals surface area contributed by atoms with Gasteiger partial charge in [-0.1, -0.05) is 0 Å². The van der Waals surface area contributed by atoms with Crippen LogP contribution in [-0.4, -0.2) is 44.5 Å². The maximum absolute atomic E-state index is 12.4. The summed E-state index contributed by atoms with van der Waals surface area (Å²) in [6, 6.07) is 6.28. The highest BCUT2D eigenvalue weighted by Gasteiger charge is 2.25. The Hall–Kier alpha value is -1.60. The van der Waals surface area contributed by atoms with Crippen molar-refractivity contribution < 1.29 is 17.9 Å². The Kier molecular flexibility index (Phi) is 5.64. The van der Waals surface area contributed by atoms with Crippen LogP contribution in [0.4, 0.5) is 0 Å². The van der Waals surface area contributed by atoms with E-state index in [4.69, 9.17) is 4.74 Å². The lowest BCUT2D eigenvalue weighted by molar-refractivity contribution is -0.129. The van der Waals surface area contributed by atoms with Gasteiger partial charge in [0.2, 0.25) is 15.9 Å². The molecule has 7 heteroatoms. The Morgan fingerprint density at radius 2 is 1.78 bits per heavy atom. The molecular formula is C16H24N2O4S. The van der Waals surface area contributed by atoms with Crippen LogP contribution in [0, 0.1) is 0 Å². The van der Waals surface area contributed by atoms with Gasteiger partial charge in [0.05, 0.1) is 11.0 Å². The van der Waals surface area contributed by atoms with E-state index < -0.39 is 10.0 Å². The van der Waals surface area contributed by atoms with Crippen molar-refractivity contribution in [2.45, 2.75) is 50.7 Å². The summed E-state index contributed by atoms with van der Waals surface area (Å²) in [5, 5.41) is 0. The first-order valence-electron chi connectivity index (χ1n) is 7.82. The van der Waals surface area contributed by atoms with Gasteiger partial charge in [-0.05, 0) is 51.0 Å². The molecule has 1 saturated heterocycles. The third-order valence-electron chi connectivity index (χ3n) is 3.77. The average Bonchev–Trinajstić information content (AvgIpc) is 2.47. The molecular weight excluding hydrogens is 316 g/mol. The molecule has 0 unspecified atom stereocenters. The second kappa shape index (κ2) is 7.31. The second-order valence-corrected chi connectivity index (χ2v) is 7.75. The van der Waals surface area contributed by atoms with E-state index in [1.165, 1.54) is 6.92 Å². The summed E-state index contributed by atoms with van der Waals surface area (Å²) in [4.78, 5) is 13.3. The topological polar surface area (TPSA) is 75.7 Å². The second-order valence-electron chi connectivity index (χ2n) is 6.04. The molecule has 1 aliphatic rings. The smallest absolute Gasteiger partial charge is 0.240 e. The number of sulfonamides is 1. The van der Waals surface area contributed by atoms with E-state index in [2.05, 4.69) is 4.72 Å². The van der Waals surface area contributed by atoms with Gasteiger partial charge >= 0.3 is 0 Å². The molecule has 1 amide bonds. The molecule has 0 bridgehead atoms. The van der Waals surface area contributed by atoms with Crippen LogP contribution >= 0.6 is 0 Å². The van der Waals surface area contributed by atoms with E-state index in [9.17, 15) is 13.2 Å². The van der Waals surface area contributed by atoms with Crippen molar-refractivity contribution in [2.75, 3.05) is 13.1 Å². The van der Waals surface area contributed by atoms with Crippen LogP contribution in [0.1, 0.15) is 33.6 Å². The van der Waals surface area contributed by atoms with E-state index in [0.29, 0.717) is 31.7 Å². The van der Waals surface area contributed by atoms with Crippen LogP contribution in [0.2, 0.25) is 0 Å². The van der Waals surface area contributed by atoms with Gasteiger partial charge in [0.25, 0.3) is 0 Å². The highest BCUT2D eigenvalue weighted by molar-refractivity contribution is 7.89.